The van der Waals surface area contributed by atoms with E-state index in [1.54, 1.807) is 0 Å². The second kappa shape index (κ2) is 37.5. The minimum Gasteiger partial charge on any atom is -0.258 e. The Balaban J connectivity index is 0.000000218. The minimum atomic E-state index is 0. The van der Waals surface area contributed by atoms with E-state index in [2.05, 4.69) is 476 Å². The molecule has 16 aromatic rings. The van der Waals surface area contributed by atoms with Crippen molar-refractivity contribution in [3.05, 3.63) is 360 Å². The third kappa shape index (κ3) is 22.3. The summed E-state index contributed by atoms with van der Waals surface area (Å²) >= 11 is 0. The van der Waals surface area contributed by atoms with Crippen molar-refractivity contribution in [2.75, 3.05) is 0 Å². The fraction of sp³-hybridized carbons (Fsp3) is 0.279. The molecule has 0 aliphatic rings. The van der Waals surface area contributed by atoms with Crippen molar-refractivity contribution in [1.82, 2.24) is 29.5 Å². The Morgan fingerprint density at radius 1 is 0.185 bits per heavy atom. The van der Waals surface area contributed by atoms with E-state index >= 15 is 0 Å². The number of nitrogens with zero attached hydrogens (tertiary/aromatic N) is 6. The summed E-state index contributed by atoms with van der Waals surface area (Å²) in [7, 11) is 3.97. The van der Waals surface area contributed by atoms with Crippen molar-refractivity contribution in [3.63, 3.8) is 0 Å². The summed E-state index contributed by atoms with van der Waals surface area (Å²) in [6.45, 7) is 54.3. The quantitative estimate of drug-likeness (QED) is 0.102. The zero-order valence-electron chi connectivity index (χ0n) is 81.2. The molecule has 0 saturated heterocycles. The molecular weight excluding hydrogens is 1930 g/mol. The zero-order valence-corrected chi connectivity index (χ0v) is 86.0. The second-order valence-corrected chi connectivity index (χ2v) is 43.6. The fourth-order valence-corrected chi connectivity index (χ4v) is 16.8. The van der Waals surface area contributed by atoms with Crippen LogP contribution in [-0.4, -0.2) is 29.5 Å². The second-order valence-electron chi connectivity index (χ2n) is 43.6. The summed E-state index contributed by atoms with van der Waals surface area (Å²) in [5.74, 6) is 2.89. The molecule has 16 rings (SSSR count). The summed E-state index contributed by atoms with van der Waals surface area (Å²) in [6, 6.07) is 119. The fourth-order valence-electron chi connectivity index (χ4n) is 16.8. The van der Waals surface area contributed by atoms with Crippen LogP contribution >= 0.6 is 0 Å². The molecule has 6 nitrogen and oxygen atoms in total. The van der Waals surface area contributed by atoms with Crippen LogP contribution in [0, 0.1) is 12.1 Å². The van der Waals surface area contributed by atoms with Crippen LogP contribution in [0.15, 0.2) is 303 Å². The van der Waals surface area contributed by atoms with Crippen molar-refractivity contribution in [3.8, 4) is 157 Å². The molecule has 0 aliphatic heterocycles. The number of rotatable bonds is 14. The largest absolute Gasteiger partial charge is 0.258 e. The predicted molar refractivity (Wildman–Crippen MR) is 545 cm³/mol. The van der Waals surface area contributed by atoms with E-state index in [9.17, 15) is 0 Å². The summed E-state index contributed by atoms with van der Waals surface area (Å²) in [6.07, 6.45) is 0. The number of hydrogen-bond acceptors (Lipinski definition) is 4. The molecule has 2 radical (unpaired) electrons. The zero-order chi connectivity index (χ0) is 91.5. The van der Waals surface area contributed by atoms with Crippen molar-refractivity contribution < 1.29 is 40.2 Å². The topological polar surface area (TPSA) is 61.4 Å². The summed E-state index contributed by atoms with van der Waals surface area (Å²) in [4.78, 5) is 10.4. The molecule has 2 heterocycles. The van der Waals surface area contributed by atoms with Gasteiger partial charge in [-0.1, -0.05) is 384 Å². The van der Waals surface area contributed by atoms with Gasteiger partial charge in [-0.05, 0) is 243 Å². The Morgan fingerprint density at radius 3 is 0.569 bits per heavy atom. The average molecular weight is 2060 g/mol. The van der Waals surface area contributed by atoms with Gasteiger partial charge in [0.15, 0.2) is 0 Å². The molecule has 0 amide bonds. The molecule has 666 valence electrons. The first kappa shape index (κ1) is 96.2. The number of aromatic nitrogens is 6. The van der Waals surface area contributed by atoms with Crippen molar-refractivity contribution in [2.45, 2.75) is 209 Å². The molecular formula is C122H128Ir2N6-2. The molecule has 0 fully saturated rings. The van der Waals surface area contributed by atoms with Crippen LogP contribution in [0.4, 0.5) is 0 Å². The number of benzene rings is 14. The first-order valence-electron chi connectivity index (χ1n) is 45.6. The molecule has 130 heavy (non-hydrogen) atoms. The number of aryl methyl sites for hydroxylation is 2. The maximum absolute atomic E-state index is 5.25. The van der Waals surface area contributed by atoms with Crippen LogP contribution in [0.1, 0.15) is 211 Å². The number of hydrogen-bond donors (Lipinski definition) is 0. The summed E-state index contributed by atoms with van der Waals surface area (Å²) in [5, 5.41) is 10.0. The van der Waals surface area contributed by atoms with E-state index < -0.39 is 0 Å². The molecule has 14 aromatic carbocycles. The van der Waals surface area contributed by atoms with E-state index in [0.717, 1.165) is 78.4 Å². The van der Waals surface area contributed by atoms with Gasteiger partial charge in [0, 0.05) is 65.4 Å². The van der Waals surface area contributed by atoms with Gasteiger partial charge in [0.05, 0.1) is 11.6 Å². The van der Waals surface area contributed by atoms with Crippen molar-refractivity contribution in [2.24, 2.45) is 14.1 Å². The van der Waals surface area contributed by atoms with E-state index in [4.69, 9.17) is 20.2 Å². The van der Waals surface area contributed by atoms with Gasteiger partial charge in [-0.25, -0.2) is 10.2 Å². The van der Waals surface area contributed by atoms with Crippen LogP contribution in [0.2, 0.25) is 0 Å². The molecule has 0 N–H and O–H groups in total. The monoisotopic (exact) mass is 2060 g/mol. The minimum absolute atomic E-state index is 0. The maximum Gasteiger partial charge on any atom is 0.147 e. The van der Waals surface area contributed by atoms with Gasteiger partial charge < -0.3 is 0 Å². The summed E-state index contributed by atoms with van der Waals surface area (Å²) < 4.78 is 3.81. The van der Waals surface area contributed by atoms with Crippen molar-refractivity contribution >= 4 is 0 Å². The van der Waals surface area contributed by atoms with Crippen LogP contribution < -0.4 is 0 Å². The van der Waals surface area contributed by atoms with E-state index in [1.165, 1.54) is 111 Å². The predicted octanol–water partition coefficient (Wildman–Crippen LogP) is 32.9. The first-order chi connectivity index (χ1) is 60.2. The molecule has 2 aromatic heterocycles. The first-order valence-corrected chi connectivity index (χ1v) is 45.6. The Kier molecular flexibility index (Phi) is 27.8. The van der Waals surface area contributed by atoms with Gasteiger partial charge >= 0.3 is 0 Å². The third-order valence-corrected chi connectivity index (χ3v) is 25.2. The van der Waals surface area contributed by atoms with Gasteiger partial charge in [-0.3, -0.25) is 19.3 Å². The standard InChI is InChI=1S/2C61H64N3.2Ir/c1-58(2,3)52-26-18-41(19-27-52)47-34-46(35-48(36-47)42-20-28-53(29-21-42)59(4,5)6)40-14-16-45(17-15-40)56-62-57(64(13)63-56)51-38-49(43-22-30-54(31-23-43)60(7,8)9)37-50(39-51)44-24-32-55(33-25-44)61(10,11)12;1-58(2,3)52-25-17-40(18-26-52)46-34-47(41-19-27-53(28-20-41)59(4,5)6)37-50(36-46)44-15-14-16-45(33-44)56-62-57(64(13)63-56)51-38-48(42-21-29-54(30-22-42)60(7,8)9)35-49(39-51)43-23-31-55(32-24-43)61(10,11)12;;/h14-16,18-39H,1-13H3;14-15,17-39H,1-13H3;;/q2*-1;;. The Hall–Kier alpha value is -11.3. The molecule has 0 saturated carbocycles. The Labute approximate surface area is 803 Å². The van der Waals surface area contributed by atoms with Gasteiger partial charge in [0.2, 0.25) is 0 Å². The maximum atomic E-state index is 5.25. The van der Waals surface area contributed by atoms with Gasteiger partial charge in [-0.2, -0.15) is 0 Å². The summed E-state index contributed by atoms with van der Waals surface area (Å²) in [5.41, 5.74) is 38.1. The SMILES string of the molecule is Cn1nc(-c2[c-]cc(-c3cc(-c4ccc(C(C)(C)C)cc4)cc(-c4ccc(C(C)(C)C)cc4)c3)cc2)nc1-c1cc(-c2ccc(C(C)(C)C)cc2)cc(-c2ccc(C(C)(C)C)cc2)c1.Cn1nc(-c2[c-]ccc(-c3cc(-c4ccc(C(C)(C)C)cc4)cc(-c4ccc(C(C)(C)C)cc4)c3)c2)nc1-c1cc(-c2ccc(C(C)(C)C)cc2)cc(-c2ccc(C(C)(C)C)cc2)c1.[Ir].[Ir]. The normalized spacial score (nSPS) is 12.3. The van der Waals surface area contributed by atoms with Gasteiger partial charge in [0.1, 0.15) is 11.6 Å². The van der Waals surface area contributed by atoms with E-state index in [-0.39, 0.29) is 83.5 Å². The Bertz CT molecular complexity index is 6340. The van der Waals surface area contributed by atoms with E-state index in [1.807, 2.05) is 29.5 Å². The average Bonchev–Trinajstić information content (AvgIpc) is 1.38. The van der Waals surface area contributed by atoms with Crippen LogP contribution in [0.5, 0.6) is 0 Å². The third-order valence-electron chi connectivity index (χ3n) is 25.2. The smallest absolute Gasteiger partial charge is 0.147 e. The van der Waals surface area contributed by atoms with Crippen LogP contribution in [0.25, 0.3) is 157 Å². The molecule has 0 aliphatic carbocycles. The molecule has 8 heteroatoms. The van der Waals surface area contributed by atoms with Crippen LogP contribution in [0.3, 0.4) is 0 Å². The van der Waals surface area contributed by atoms with Gasteiger partial charge in [0.25, 0.3) is 0 Å². The molecule has 0 spiro atoms. The van der Waals surface area contributed by atoms with Crippen molar-refractivity contribution in [1.29, 1.82) is 0 Å². The molecule has 0 atom stereocenters. The molecule has 0 bridgehead atoms. The molecule has 0 unspecified atom stereocenters. The van der Waals surface area contributed by atoms with Crippen LogP contribution in [-0.2, 0) is 97.6 Å². The van der Waals surface area contributed by atoms with Gasteiger partial charge in [-0.15, -0.1) is 65.2 Å². The Morgan fingerprint density at radius 2 is 0.369 bits per heavy atom. The van der Waals surface area contributed by atoms with E-state index in [0.29, 0.717) is 11.6 Å².